The van der Waals surface area contributed by atoms with Crippen LogP contribution >= 0.6 is 15.9 Å². The van der Waals surface area contributed by atoms with Crippen molar-refractivity contribution in [2.75, 3.05) is 13.2 Å². The molecule has 0 bridgehead atoms. The molecule has 0 atom stereocenters. The van der Waals surface area contributed by atoms with E-state index in [4.69, 9.17) is 4.74 Å². The summed E-state index contributed by atoms with van der Waals surface area (Å²) in [5, 5.41) is 3.28. The van der Waals surface area contributed by atoms with Crippen LogP contribution in [-0.4, -0.2) is 24.2 Å². The Hall–Kier alpha value is -0.610. The highest BCUT2D eigenvalue weighted by molar-refractivity contribution is 9.10. The van der Waals surface area contributed by atoms with Gasteiger partial charge in [0.05, 0.1) is 0 Å². The minimum Gasteiger partial charge on any atom is -0.476 e. The summed E-state index contributed by atoms with van der Waals surface area (Å²) in [6, 6.07) is 2.49. The third-order valence-electron chi connectivity index (χ3n) is 1.89. The fraction of sp³-hybridized carbons (Fsp3) is 0.545. The van der Waals surface area contributed by atoms with Crippen molar-refractivity contribution in [1.82, 2.24) is 10.3 Å². The molecule has 3 nitrogen and oxygen atoms in total. The number of halogens is 1. The summed E-state index contributed by atoms with van der Waals surface area (Å²) in [6.07, 6.45) is 1.75. The minimum atomic E-state index is 0.493. The van der Waals surface area contributed by atoms with E-state index in [1.54, 1.807) is 6.20 Å². The summed E-state index contributed by atoms with van der Waals surface area (Å²) in [5.74, 6) is 0.712. The molecule has 15 heavy (non-hydrogen) atoms. The number of nitrogens with zero attached hydrogens (tertiary/aromatic N) is 1. The molecule has 0 aliphatic carbocycles. The number of nitrogens with one attached hydrogen (secondary N) is 1. The maximum atomic E-state index is 5.55. The molecule has 0 amide bonds. The van der Waals surface area contributed by atoms with Crippen LogP contribution < -0.4 is 10.1 Å². The zero-order valence-corrected chi connectivity index (χ0v) is 11.0. The van der Waals surface area contributed by atoms with Gasteiger partial charge >= 0.3 is 0 Å². The van der Waals surface area contributed by atoms with Crippen LogP contribution in [-0.2, 0) is 0 Å². The van der Waals surface area contributed by atoms with Crippen LogP contribution in [0, 0.1) is 6.92 Å². The largest absolute Gasteiger partial charge is 0.476 e. The topological polar surface area (TPSA) is 34.1 Å². The number of aromatic nitrogens is 1. The summed E-state index contributed by atoms with van der Waals surface area (Å²) in [4.78, 5) is 4.20. The average Bonchev–Trinajstić information content (AvgIpc) is 2.14. The smallest absolute Gasteiger partial charge is 0.216 e. The van der Waals surface area contributed by atoms with Crippen LogP contribution in [0.2, 0.25) is 0 Å². The molecular formula is C11H17BrN2O. The van der Waals surface area contributed by atoms with E-state index in [0.29, 0.717) is 18.5 Å². The molecule has 0 radical (unpaired) electrons. The van der Waals surface area contributed by atoms with Gasteiger partial charge in [-0.3, -0.25) is 0 Å². The van der Waals surface area contributed by atoms with Gasteiger partial charge < -0.3 is 10.1 Å². The molecule has 0 saturated carbocycles. The Balaban J connectivity index is 2.37. The van der Waals surface area contributed by atoms with Crippen molar-refractivity contribution in [3.63, 3.8) is 0 Å². The predicted octanol–water partition coefficient (Wildman–Crippen LogP) is 2.53. The number of hydrogen-bond acceptors (Lipinski definition) is 3. The van der Waals surface area contributed by atoms with Crippen molar-refractivity contribution < 1.29 is 4.74 Å². The standard InChI is InChI=1S/C11H17BrN2O/c1-8(2)13-4-5-15-11-9(3)6-10(12)7-14-11/h6-8,13H,4-5H2,1-3H3. The summed E-state index contributed by atoms with van der Waals surface area (Å²) < 4.78 is 6.53. The van der Waals surface area contributed by atoms with Crippen molar-refractivity contribution in [1.29, 1.82) is 0 Å². The van der Waals surface area contributed by atoms with Gasteiger partial charge in [0.15, 0.2) is 0 Å². The molecular weight excluding hydrogens is 256 g/mol. The first kappa shape index (κ1) is 12.5. The highest BCUT2D eigenvalue weighted by atomic mass is 79.9. The summed E-state index contributed by atoms with van der Waals surface area (Å²) in [7, 11) is 0. The molecule has 0 fully saturated rings. The van der Waals surface area contributed by atoms with Gasteiger partial charge in [-0.1, -0.05) is 13.8 Å². The second-order valence-electron chi connectivity index (χ2n) is 3.73. The summed E-state index contributed by atoms with van der Waals surface area (Å²) in [5.41, 5.74) is 1.05. The van der Waals surface area contributed by atoms with E-state index >= 15 is 0 Å². The van der Waals surface area contributed by atoms with Crippen molar-refractivity contribution in [2.45, 2.75) is 26.8 Å². The molecule has 1 aromatic heterocycles. The van der Waals surface area contributed by atoms with Crippen LogP contribution in [0.3, 0.4) is 0 Å². The van der Waals surface area contributed by atoms with Gasteiger partial charge in [0.25, 0.3) is 0 Å². The summed E-state index contributed by atoms with van der Waals surface area (Å²) >= 11 is 3.37. The van der Waals surface area contributed by atoms with Crippen molar-refractivity contribution in [3.05, 3.63) is 22.3 Å². The quantitative estimate of drug-likeness (QED) is 0.837. The third kappa shape index (κ3) is 4.62. The number of hydrogen-bond donors (Lipinski definition) is 1. The zero-order valence-electron chi connectivity index (χ0n) is 9.38. The van der Waals surface area contributed by atoms with Crippen LogP contribution in [0.15, 0.2) is 16.7 Å². The average molecular weight is 273 g/mol. The SMILES string of the molecule is Cc1cc(Br)cnc1OCCNC(C)C. The molecule has 0 unspecified atom stereocenters. The molecule has 1 aromatic rings. The Morgan fingerprint density at radius 2 is 2.27 bits per heavy atom. The maximum Gasteiger partial charge on any atom is 0.216 e. The van der Waals surface area contributed by atoms with Crippen LogP contribution in [0.25, 0.3) is 0 Å². The minimum absolute atomic E-state index is 0.493. The third-order valence-corrected chi connectivity index (χ3v) is 2.32. The second kappa shape index (κ2) is 6.08. The van der Waals surface area contributed by atoms with Gasteiger partial charge in [-0.25, -0.2) is 4.98 Å². The van der Waals surface area contributed by atoms with Gasteiger partial charge in [0.2, 0.25) is 5.88 Å². The number of ether oxygens (including phenoxy) is 1. The van der Waals surface area contributed by atoms with Crippen LogP contribution in [0.4, 0.5) is 0 Å². The predicted molar refractivity (Wildman–Crippen MR) is 65.3 cm³/mol. The first-order valence-corrected chi connectivity index (χ1v) is 5.87. The maximum absolute atomic E-state index is 5.55. The van der Waals surface area contributed by atoms with Crippen LogP contribution in [0.1, 0.15) is 19.4 Å². The Morgan fingerprint density at radius 3 is 2.87 bits per heavy atom. The lowest BCUT2D eigenvalue weighted by Gasteiger charge is -2.10. The molecule has 0 aromatic carbocycles. The number of pyridine rings is 1. The highest BCUT2D eigenvalue weighted by Gasteiger charge is 2.01. The van der Waals surface area contributed by atoms with Crippen LogP contribution in [0.5, 0.6) is 5.88 Å². The van der Waals surface area contributed by atoms with Gasteiger partial charge in [-0.2, -0.15) is 0 Å². The lowest BCUT2D eigenvalue weighted by Crippen LogP contribution is -2.27. The normalized spacial score (nSPS) is 10.7. The first-order valence-electron chi connectivity index (χ1n) is 5.08. The van der Waals surface area contributed by atoms with Crippen molar-refractivity contribution >= 4 is 15.9 Å². The van der Waals surface area contributed by atoms with E-state index in [-0.39, 0.29) is 0 Å². The Bertz CT molecular complexity index is 315. The molecule has 0 saturated heterocycles. The van der Waals surface area contributed by atoms with E-state index in [1.165, 1.54) is 0 Å². The van der Waals surface area contributed by atoms with Crippen molar-refractivity contribution in [3.8, 4) is 5.88 Å². The Kier molecular flexibility index (Phi) is 5.05. The number of aryl methyl sites for hydroxylation is 1. The zero-order chi connectivity index (χ0) is 11.3. The lowest BCUT2D eigenvalue weighted by molar-refractivity contribution is 0.295. The van der Waals surface area contributed by atoms with Gasteiger partial charge in [0, 0.05) is 28.8 Å². The molecule has 0 aliphatic rings. The molecule has 1 rings (SSSR count). The fourth-order valence-corrected chi connectivity index (χ4v) is 1.62. The Morgan fingerprint density at radius 1 is 1.53 bits per heavy atom. The van der Waals surface area contributed by atoms with E-state index in [0.717, 1.165) is 16.6 Å². The highest BCUT2D eigenvalue weighted by Crippen LogP contribution is 2.18. The van der Waals surface area contributed by atoms with E-state index < -0.39 is 0 Å². The molecule has 4 heteroatoms. The van der Waals surface area contributed by atoms with E-state index in [2.05, 4.69) is 40.1 Å². The number of rotatable bonds is 5. The van der Waals surface area contributed by atoms with Gasteiger partial charge in [-0.05, 0) is 28.9 Å². The molecule has 0 spiro atoms. The van der Waals surface area contributed by atoms with Crippen molar-refractivity contribution in [2.24, 2.45) is 0 Å². The lowest BCUT2D eigenvalue weighted by atomic mass is 10.3. The molecule has 1 heterocycles. The summed E-state index contributed by atoms with van der Waals surface area (Å²) in [6.45, 7) is 7.71. The molecule has 84 valence electrons. The molecule has 1 N–H and O–H groups in total. The fourth-order valence-electron chi connectivity index (χ4n) is 1.17. The van der Waals surface area contributed by atoms with Gasteiger partial charge in [0.1, 0.15) is 6.61 Å². The van der Waals surface area contributed by atoms with E-state index in [1.807, 2.05) is 13.0 Å². The Labute approximate surface area is 99.4 Å². The van der Waals surface area contributed by atoms with E-state index in [9.17, 15) is 0 Å². The monoisotopic (exact) mass is 272 g/mol. The second-order valence-corrected chi connectivity index (χ2v) is 4.65. The molecule has 0 aliphatic heterocycles. The first-order chi connectivity index (χ1) is 7.09. The van der Waals surface area contributed by atoms with Gasteiger partial charge in [-0.15, -0.1) is 0 Å².